The lowest BCUT2D eigenvalue weighted by atomic mass is 9.85. The summed E-state index contributed by atoms with van der Waals surface area (Å²) in [7, 11) is 0. The number of nitrogens with two attached hydrogens (primary N) is 2. The third kappa shape index (κ3) is 12.3. The fourth-order valence-corrected chi connectivity index (χ4v) is 9.67. The molecule has 0 aliphatic heterocycles. The maximum absolute atomic E-state index is 13.0. The number of hydrogen-bond acceptors (Lipinski definition) is 14. The Labute approximate surface area is 443 Å². The van der Waals surface area contributed by atoms with Gasteiger partial charge in [-0.25, -0.2) is 29.9 Å². The van der Waals surface area contributed by atoms with Crippen molar-refractivity contribution in [2.45, 2.75) is 102 Å². The molecule has 8 N–H and O–H groups in total. The summed E-state index contributed by atoms with van der Waals surface area (Å²) in [5, 5.41) is 29.0. The van der Waals surface area contributed by atoms with Gasteiger partial charge in [-0.15, -0.1) is 0 Å². The number of carbonyl (C=O) groups excluding carboxylic acids is 2. The highest BCUT2D eigenvalue weighted by molar-refractivity contribution is 6.06. The first-order chi connectivity index (χ1) is 37.5. The normalized spacial score (nSPS) is 17.3. The predicted molar refractivity (Wildman–Crippen MR) is 280 cm³/mol. The van der Waals surface area contributed by atoms with Crippen LogP contribution in [0.5, 0.6) is 0 Å². The molecule has 2 aliphatic rings. The van der Waals surface area contributed by atoms with E-state index >= 15 is 0 Å². The van der Waals surface area contributed by atoms with Gasteiger partial charge in [0.15, 0.2) is 12.4 Å². The quantitative estimate of drug-likeness (QED) is 0.0423. The Hall–Kier alpha value is -9.32. The zero-order valence-corrected chi connectivity index (χ0v) is 42.1. The molecule has 2 aliphatic carbocycles. The van der Waals surface area contributed by atoms with Gasteiger partial charge in [0.1, 0.15) is 52.3 Å². The van der Waals surface area contributed by atoms with Gasteiger partial charge >= 0.3 is 12.4 Å². The molecule has 0 unspecified atom stereocenters. The average molecular weight is 1070 g/mol. The van der Waals surface area contributed by atoms with Crippen LogP contribution in [0.4, 0.5) is 49.6 Å². The molecule has 0 radical (unpaired) electrons. The molecular weight excluding hydrogens is 1020 g/mol. The summed E-state index contributed by atoms with van der Waals surface area (Å²) in [5.74, 6) is 0.120. The second-order valence-electron chi connectivity index (χ2n) is 18.2. The Morgan fingerprint density at radius 2 is 1.15 bits per heavy atom. The number of pyridine rings is 2. The Kier molecular flexibility index (Phi) is 16.7. The molecular formula is C54H52F6N16O2. The van der Waals surface area contributed by atoms with E-state index in [9.17, 15) is 35.9 Å². The van der Waals surface area contributed by atoms with Crippen molar-refractivity contribution in [3.63, 3.8) is 0 Å². The lowest BCUT2D eigenvalue weighted by Gasteiger charge is -2.29. The summed E-state index contributed by atoms with van der Waals surface area (Å²) in [5.41, 5.74) is 15.5. The zero-order chi connectivity index (χ0) is 55.7. The first-order valence-corrected chi connectivity index (χ1v) is 24.9. The molecule has 78 heavy (non-hydrogen) atoms. The van der Waals surface area contributed by atoms with Crippen LogP contribution in [-0.2, 0) is 12.4 Å². The zero-order valence-electron chi connectivity index (χ0n) is 42.1. The number of imidazole rings is 1. The maximum atomic E-state index is 13.0. The van der Waals surface area contributed by atoms with E-state index < -0.39 is 35.3 Å². The number of hydrogen-bond donors (Lipinski definition) is 6. The third-order valence-electron chi connectivity index (χ3n) is 13.5. The number of aromatic nitrogens is 8. The number of carbonyl (C=O) groups is 2. The third-order valence-corrected chi connectivity index (χ3v) is 13.5. The molecule has 0 saturated heterocycles. The molecule has 8 aromatic rings. The molecule has 2 aromatic carbocycles. The first-order valence-electron chi connectivity index (χ1n) is 24.9. The van der Waals surface area contributed by atoms with Crippen molar-refractivity contribution in [2.24, 2.45) is 0 Å². The van der Waals surface area contributed by atoms with Crippen LogP contribution in [0.2, 0.25) is 0 Å². The fourth-order valence-electron chi connectivity index (χ4n) is 9.67. The molecule has 6 heterocycles. The fraction of sp³-hybridized carbons (Fsp3) is 0.296. The van der Waals surface area contributed by atoms with Crippen LogP contribution in [0.1, 0.15) is 115 Å². The van der Waals surface area contributed by atoms with Crippen LogP contribution in [0.15, 0.2) is 110 Å². The lowest BCUT2D eigenvalue weighted by molar-refractivity contribution is -0.138. The number of anilines is 4. The molecule has 6 aromatic heterocycles. The number of nitrogens with zero attached hydrogens (tertiary/aromatic N) is 10. The number of nitriles is 2. The van der Waals surface area contributed by atoms with Gasteiger partial charge in [0.2, 0.25) is 0 Å². The molecule has 2 saturated carbocycles. The number of alkyl halides is 6. The van der Waals surface area contributed by atoms with Gasteiger partial charge in [-0.1, -0.05) is 38.1 Å². The van der Waals surface area contributed by atoms with Crippen molar-refractivity contribution in [2.75, 3.05) is 22.1 Å². The molecule has 18 nitrogen and oxygen atoms in total. The summed E-state index contributed by atoms with van der Waals surface area (Å²) in [4.78, 5) is 50.8. The number of fused-ring (bicyclic) bond motifs is 2. The van der Waals surface area contributed by atoms with Crippen LogP contribution in [0, 0.1) is 22.9 Å². The number of nitrogen functional groups attached to an aromatic ring is 2. The molecule has 0 atom stereocenters. The van der Waals surface area contributed by atoms with Crippen molar-refractivity contribution < 1.29 is 35.9 Å². The topological polar surface area (TPSA) is 269 Å². The largest absolute Gasteiger partial charge is 0.416 e. The molecule has 2 fully saturated rings. The molecule has 0 bridgehead atoms. The standard InChI is InChI=1S/2C26H23F3N8O.C2H6/c27-26(28,29)17-9-10-32-21(11-17)36-25(38)16-3-1-15(2-4-16)20-12-37(24-22(20)23(31)34-14-35-24)19-7-5-18(6-8-19)33-13-30;27-26(28,29)18-9-10-32-20(13-18)35-25(38)17-3-1-15(2-4-17)21-22-23(31)33-11-12-37(22)24(36-21)16-5-7-19(8-6-16)34-14-30;1-2/h1-4,9-12,14,18-19,33H,5-8H2,(H2,31,34,35)(H,32,36,38);1-4,9-13,16,19,34H,5-8H2,(H2,31,33)(H,32,35,38);1-2H3. The van der Waals surface area contributed by atoms with Crippen molar-refractivity contribution >= 4 is 51.6 Å². The number of nitrogens with one attached hydrogen (secondary N) is 4. The van der Waals surface area contributed by atoms with Crippen LogP contribution < -0.4 is 32.7 Å². The Bertz CT molecular complexity index is 3270. The number of halogens is 6. The minimum absolute atomic E-state index is 0.165. The van der Waals surface area contributed by atoms with Crippen molar-refractivity contribution in [3.8, 4) is 34.8 Å². The maximum Gasteiger partial charge on any atom is 0.416 e. The first kappa shape index (κ1) is 54.9. The van der Waals surface area contributed by atoms with E-state index in [4.69, 9.17) is 27.0 Å². The molecule has 0 spiro atoms. The average Bonchev–Trinajstić information content (AvgIpc) is 4.12. The second kappa shape index (κ2) is 23.7. The summed E-state index contributed by atoms with van der Waals surface area (Å²) in [6.07, 6.45) is 10.7. The summed E-state index contributed by atoms with van der Waals surface area (Å²) in [6.45, 7) is 4.00. The highest BCUT2D eigenvalue weighted by atomic mass is 19.4. The highest BCUT2D eigenvalue weighted by Gasteiger charge is 2.33. The van der Waals surface area contributed by atoms with Gasteiger partial charge in [0, 0.05) is 77.3 Å². The van der Waals surface area contributed by atoms with Crippen LogP contribution in [-0.4, -0.2) is 62.8 Å². The number of benzene rings is 2. The lowest BCUT2D eigenvalue weighted by Crippen LogP contribution is -2.30. The predicted octanol–water partition coefficient (Wildman–Crippen LogP) is 10.7. The molecule has 10 rings (SSSR count). The molecule has 402 valence electrons. The van der Waals surface area contributed by atoms with E-state index in [-0.39, 0.29) is 46.8 Å². The second-order valence-corrected chi connectivity index (χ2v) is 18.2. The van der Waals surface area contributed by atoms with Gasteiger partial charge in [0.05, 0.1) is 16.5 Å². The van der Waals surface area contributed by atoms with E-state index in [2.05, 4.69) is 50.8 Å². The van der Waals surface area contributed by atoms with Crippen LogP contribution >= 0.6 is 0 Å². The monoisotopic (exact) mass is 1070 g/mol. The van der Waals surface area contributed by atoms with Gasteiger partial charge in [-0.3, -0.25) is 14.0 Å². The van der Waals surface area contributed by atoms with Crippen molar-refractivity contribution in [3.05, 3.63) is 138 Å². The van der Waals surface area contributed by atoms with E-state index in [0.717, 1.165) is 105 Å². The SMILES string of the molecule is CC.N#CNC1CCC(c2nc(-c3ccc(C(=O)Nc4cc(C(F)(F)F)ccn4)cc3)c3c(N)nccn23)CC1.N#CNC1CCC(n2cc(-c3ccc(C(=O)Nc4cc(C(F)(F)F)ccn4)cc3)c3c(N)ncnc32)CC1. The van der Waals surface area contributed by atoms with Crippen LogP contribution in [0.25, 0.3) is 38.9 Å². The summed E-state index contributed by atoms with van der Waals surface area (Å²) in [6, 6.07) is 17.0. The Balaban J connectivity index is 0.000000200. The van der Waals surface area contributed by atoms with Gasteiger partial charge in [-0.2, -0.15) is 36.9 Å². The van der Waals surface area contributed by atoms with Crippen molar-refractivity contribution in [1.82, 2.24) is 49.5 Å². The van der Waals surface area contributed by atoms with E-state index in [1.807, 2.05) is 43.0 Å². The molecule has 2 amide bonds. The summed E-state index contributed by atoms with van der Waals surface area (Å²) >= 11 is 0. The smallest absolute Gasteiger partial charge is 0.383 e. The van der Waals surface area contributed by atoms with Crippen LogP contribution in [0.3, 0.4) is 0 Å². The Morgan fingerprint density at radius 3 is 1.67 bits per heavy atom. The highest BCUT2D eigenvalue weighted by Crippen LogP contribution is 2.40. The minimum Gasteiger partial charge on any atom is -0.383 e. The van der Waals surface area contributed by atoms with Gasteiger partial charge in [0.25, 0.3) is 11.8 Å². The van der Waals surface area contributed by atoms with Gasteiger partial charge < -0.3 is 37.3 Å². The number of amides is 2. The van der Waals surface area contributed by atoms with Crippen molar-refractivity contribution in [1.29, 1.82) is 10.5 Å². The van der Waals surface area contributed by atoms with E-state index in [1.165, 1.54) is 6.33 Å². The van der Waals surface area contributed by atoms with E-state index in [0.29, 0.717) is 39.4 Å². The van der Waals surface area contributed by atoms with E-state index in [1.54, 1.807) is 54.7 Å². The van der Waals surface area contributed by atoms with Gasteiger partial charge in [-0.05, 0) is 105 Å². The molecule has 24 heteroatoms. The number of rotatable bonds is 10. The Morgan fingerprint density at radius 1 is 0.641 bits per heavy atom. The summed E-state index contributed by atoms with van der Waals surface area (Å²) < 4.78 is 81.9. The minimum atomic E-state index is -4.54.